The van der Waals surface area contributed by atoms with Gasteiger partial charge in [0.05, 0.1) is 6.61 Å². The van der Waals surface area contributed by atoms with Crippen LogP contribution in [0.5, 0.6) is 5.75 Å². The minimum atomic E-state index is -0.305. The van der Waals surface area contributed by atoms with Gasteiger partial charge in [-0.2, -0.15) is 0 Å². The Hall–Kier alpha value is -1.59. The van der Waals surface area contributed by atoms with Crippen LogP contribution in [0.3, 0.4) is 0 Å². The number of nitrogens with two attached hydrogens (primary N) is 1. The monoisotopic (exact) mass is 264 g/mol. The summed E-state index contributed by atoms with van der Waals surface area (Å²) in [6.45, 7) is 1.90. The zero-order valence-corrected chi connectivity index (χ0v) is 10.9. The fourth-order valence-electron chi connectivity index (χ4n) is 1.92. The van der Waals surface area contributed by atoms with Gasteiger partial charge in [0.2, 0.25) is 0 Å². The van der Waals surface area contributed by atoms with E-state index in [-0.39, 0.29) is 12.0 Å². The van der Waals surface area contributed by atoms with Crippen LogP contribution < -0.4 is 15.8 Å². The van der Waals surface area contributed by atoms with Crippen LogP contribution in [0.25, 0.3) is 0 Å². The number of anilines is 1. The Balaban J connectivity index is 1.82. The Morgan fingerprint density at radius 2 is 2.21 bits per heavy atom. The van der Waals surface area contributed by atoms with Gasteiger partial charge in [-0.15, -0.1) is 0 Å². The Bertz CT molecular complexity index is 400. The molecule has 0 radical (unpaired) electrons. The number of nitrogens with one attached hydrogen (secondary N) is 1. The first-order valence-electron chi connectivity index (χ1n) is 6.65. The van der Waals surface area contributed by atoms with Gasteiger partial charge in [0.15, 0.2) is 0 Å². The molecule has 2 rings (SSSR count). The average molecular weight is 264 g/mol. The van der Waals surface area contributed by atoms with Crippen molar-refractivity contribution in [3.8, 4) is 5.75 Å². The van der Waals surface area contributed by atoms with Gasteiger partial charge in [-0.05, 0) is 50.1 Å². The lowest BCUT2D eigenvalue weighted by atomic mass is 10.2. The van der Waals surface area contributed by atoms with E-state index in [1.54, 1.807) is 0 Å². The Labute approximate surface area is 113 Å². The van der Waals surface area contributed by atoms with Crippen molar-refractivity contribution in [3.63, 3.8) is 0 Å². The Kier molecular flexibility index (Phi) is 5.18. The van der Waals surface area contributed by atoms with E-state index in [0.29, 0.717) is 19.8 Å². The molecule has 19 heavy (non-hydrogen) atoms. The smallest absolute Gasteiger partial charge is 0.253 e. The highest BCUT2D eigenvalue weighted by molar-refractivity contribution is 5.94. The molecule has 1 aliphatic rings. The van der Waals surface area contributed by atoms with Crippen molar-refractivity contribution in [2.45, 2.75) is 25.4 Å². The third-order valence-electron chi connectivity index (χ3n) is 2.96. The van der Waals surface area contributed by atoms with Gasteiger partial charge >= 0.3 is 0 Å². The predicted octanol–water partition coefficient (Wildman–Crippen LogP) is 1.53. The molecule has 1 aliphatic heterocycles. The fraction of sp³-hybridized carbons (Fsp3) is 0.500. The molecule has 104 valence electrons. The third-order valence-corrected chi connectivity index (χ3v) is 2.96. The number of carbonyl (C=O) groups excluding carboxylic acids is 1. The molecule has 3 N–H and O–H groups in total. The molecule has 0 aliphatic carbocycles. The number of hydrogen-bond acceptors (Lipinski definition) is 4. The first-order chi connectivity index (χ1) is 9.29. The molecular formula is C14H20N2O3. The number of ether oxygens (including phenoxy) is 2. The zero-order chi connectivity index (χ0) is 13.5. The second kappa shape index (κ2) is 7.11. The maximum absolute atomic E-state index is 11.8. The lowest BCUT2D eigenvalue weighted by molar-refractivity contribution is -0.124. The number of benzene rings is 1. The molecule has 1 saturated heterocycles. The molecule has 0 aromatic heterocycles. The van der Waals surface area contributed by atoms with Crippen molar-refractivity contribution in [1.29, 1.82) is 0 Å². The second-order valence-corrected chi connectivity index (χ2v) is 4.51. The van der Waals surface area contributed by atoms with Crippen LogP contribution in [0, 0.1) is 0 Å². The van der Waals surface area contributed by atoms with Crippen molar-refractivity contribution < 1.29 is 14.3 Å². The van der Waals surface area contributed by atoms with Gasteiger partial charge in [0.25, 0.3) is 5.91 Å². The van der Waals surface area contributed by atoms with Crippen molar-refractivity contribution in [2.75, 3.05) is 25.1 Å². The van der Waals surface area contributed by atoms with Crippen LogP contribution in [0.2, 0.25) is 0 Å². The highest BCUT2D eigenvalue weighted by atomic mass is 16.5. The minimum absolute atomic E-state index is 0.0747. The topological polar surface area (TPSA) is 73.6 Å². The molecule has 1 amide bonds. The van der Waals surface area contributed by atoms with E-state index >= 15 is 0 Å². The van der Waals surface area contributed by atoms with Gasteiger partial charge in [0, 0.05) is 12.3 Å². The van der Waals surface area contributed by atoms with Crippen LogP contribution in [0.1, 0.15) is 19.3 Å². The largest absolute Gasteiger partial charge is 0.494 e. The first kappa shape index (κ1) is 13.8. The van der Waals surface area contributed by atoms with Crippen LogP contribution in [-0.2, 0) is 9.53 Å². The van der Waals surface area contributed by atoms with Gasteiger partial charge in [-0.3, -0.25) is 4.79 Å². The summed E-state index contributed by atoms with van der Waals surface area (Å²) in [6.07, 6.45) is 2.27. The summed E-state index contributed by atoms with van der Waals surface area (Å²) in [5.74, 6) is 0.706. The van der Waals surface area contributed by atoms with Crippen LogP contribution in [0.15, 0.2) is 24.3 Å². The fourth-order valence-corrected chi connectivity index (χ4v) is 1.92. The van der Waals surface area contributed by atoms with E-state index in [0.717, 1.165) is 30.7 Å². The molecule has 1 aromatic rings. The second-order valence-electron chi connectivity index (χ2n) is 4.51. The standard InChI is InChI=1S/C14H20N2O3/c15-8-2-10-18-12-6-4-11(5-7-12)16-14(17)13-3-1-9-19-13/h4-7,13H,1-3,8-10,15H2,(H,16,17). The van der Waals surface area contributed by atoms with E-state index in [1.165, 1.54) is 0 Å². The minimum Gasteiger partial charge on any atom is -0.494 e. The highest BCUT2D eigenvalue weighted by Gasteiger charge is 2.23. The third kappa shape index (κ3) is 4.22. The van der Waals surface area contributed by atoms with Crippen molar-refractivity contribution in [1.82, 2.24) is 0 Å². The number of rotatable bonds is 6. The summed E-state index contributed by atoms with van der Waals surface area (Å²) >= 11 is 0. The maximum atomic E-state index is 11.8. The van der Waals surface area contributed by atoms with Gasteiger partial charge < -0.3 is 20.5 Å². The summed E-state index contributed by atoms with van der Waals surface area (Å²) in [6, 6.07) is 7.32. The normalized spacial score (nSPS) is 18.3. The van der Waals surface area contributed by atoms with Gasteiger partial charge in [-0.1, -0.05) is 0 Å². The maximum Gasteiger partial charge on any atom is 0.253 e. The van der Waals surface area contributed by atoms with E-state index < -0.39 is 0 Å². The Morgan fingerprint density at radius 1 is 1.42 bits per heavy atom. The summed E-state index contributed by atoms with van der Waals surface area (Å²) in [5, 5.41) is 2.84. The quantitative estimate of drug-likeness (QED) is 0.764. The number of hydrogen-bond donors (Lipinski definition) is 2. The molecule has 1 unspecified atom stereocenters. The van der Waals surface area contributed by atoms with Crippen LogP contribution in [0.4, 0.5) is 5.69 Å². The van der Waals surface area contributed by atoms with E-state index in [9.17, 15) is 4.79 Å². The lowest BCUT2D eigenvalue weighted by Crippen LogP contribution is -2.26. The number of amides is 1. The zero-order valence-electron chi connectivity index (χ0n) is 10.9. The average Bonchev–Trinajstić information content (AvgIpc) is 2.95. The molecule has 5 heteroatoms. The predicted molar refractivity (Wildman–Crippen MR) is 73.2 cm³/mol. The molecule has 1 heterocycles. The molecule has 1 atom stereocenters. The summed E-state index contributed by atoms with van der Waals surface area (Å²) in [5.41, 5.74) is 6.15. The van der Waals surface area contributed by atoms with Crippen LogP contribution in [-0.4, -0.2) is 31.8 Å². The summed E-state index contributed by atoms with van der Waals surface area (Å²) in [4.78, 5) is 11.8. The van der Waals surface area contributed by atoms with Crippen molar-refractivity contribution in [2.24, 2.45) is 5.73 Å². The van der Waals surface area contributed by atoms with E-state index in [1.807, 2.05) is 24.3 Å². The molecule has 5 nitrogen and oxygen atoms in total. The lowest BCUT2D eigenvalue weighted by Gasteiger charge is -2.11. The first-order valence-corrected chi connectivity index (χ1v) is 6.65. The van der Waals surface area contributed by atoms with Crippen LogP contribution >= 0.6 is 0 Å². The SMILES string of the molecule is NCCCOc1ccc(NC(=O)C2CCCO2)cc1. The Morgan fingerprint density at radius 3 is 2.84 bits per heavy atom. The van der Waals surface area contributed by atoms with Crippen molar-refractivity contribution >= 4 is 11.6 Å². The highest BCUT2D eigenvalue weighted by Crippen LogP contribution is 2.18. The van der Waals surface area contributed by atoms with E-state index in [4.69, 9.17) is 15.2 Å². The molecule has 1 fully saturated rings. The molecule has 0 bridgehead atoms. The molecule has 1 aromatic carbocycles. The summed E-state index contributed by atoms with van der Waals surface area (Å²) < 4.78 is 10.8. The van der Waals surface area contributed by atoms with E-state index in [2.05, 4.69) is 5.32 Å². The van der Waals surface area contributed by atoms with Gasteiger partial charge in [-0.25, -0.2) is 0 Å². The molecule has 0 saturated carbocycles. The van der Waals surface area contributed by atoms with Gasteiger partial charge in [0.1, 0.15) is 11.9 Å². The molecular weight excluding hydrogens is 244 g/mol. The number of carbonyl (C=O) groups is 1. The summed E-state index contributed by atoms with van der Waals surface area (Å²) in [7, 11) is 0. The van der Waals surface area contributed by atoms with Crippen molar-refractivity contribution in [3.05, 3.63) is 24.3 Å². The molecule has 0 spiro atoms.